The van der Waals surface area contributed by atoms with Crippen LogP contribution in [-0.4, -0.2) is 7.11 Å². The van der Waals surface area contributed by atoms with Crippen LogP contribution >= 0.6 is 0 Å². The average molecular weight is 228 g/mol. The van der Waals surface area contributed by atoms with Crippen molar-refractivity contribution in [3.8, 4) is 17.2 Å². The Morgan fingerprint density at radius 3 is 2.12 bits per heavy atom. The summed E-state index contributed by atoms with van der Waals surface area (Å²) in [5.41, 5.74) is 2.32. The van der Waals surface area contributed by atoms with Crippen molar-refractivity contribution in [2.24, 2.45) is 0 Å². The minimum atomic E-state index is 0.788. The van der Waals surface area contributed by atoms with E-state index in [1.54, 1.807) is 7.11 Å². The highest BCUT2D eigenvalue weighted by Gasteiger charge is 2.02. The average Bonchev–Trinajstić information content (AvgIpc) is 2.34. The van der Waals surface area contributed by atoms with Gasteiger partial charge in [-0.25, -0.2) is 0 Å². The van der Waals surface area contributed by atoms with Gasteiger partial charge in [0, 0.05) is 6.07 Å². The van der Waals surface area contributed by atoms with Gasteiger partial charge in [-0.05, 0) is 37.6 Å². The molecule has 88 valence electrons. The van der Waals surface area contributed by atoms with Crippen molar-refractivity contribution in [3.05, 3.63) is 53.6 Å². The van der Waals surface area contributed by atoms with E-state index in [1.807, 2.05) is 49.4 Å². The maximum atomic E-state index is 5.75. The smallest absolute Gasteiger partial charge is 0.131 e. The second-order valence-electron chi connectivity index (χ2n) is 4.05. The van der Waals surface area contributed by atoms with Crippen molar-refractivity contribution < 1.29 is 9.47 Å². The van der Waals surface area contributed by atoms with Crippen LogP contribution in [0.15, 0.2) is 42.5 Å². The Morgan fingerprint density at radius 2 is 1.47 bits per heavy atom. The molecule has 0 amide bonds. The second-order valence-corrected chi connectivity index (χ2v) is 4.05. The minimum absolute atomic E-state index is 0.788. The van der Waals surface area contributed by atoms with Crippen LogP contribution in [0, 0.1) is 13.8 Å². The zero-order valence-electron chi connectivity index (χ0n) is 10.4. The number of hydrogen-bond donors (Lipinski definition) is 0. The summed E-state index contributed by atoms with van der Waals surface area (Å²) in [6.45, 7) is 4.06. The van der Waals surface area contributed by atoms with E-state index >= 15 is 0 Å². The van der Waals surface area contributed by atoms with Crippen LogP contribution in [-0.2, 0) is 0 Å². The third kappa shape index (κ3) is 2.78. The molecule has 2 nitrogen and oxygen atoms in total. The fraction of sp³-hybridized carbons (Fsp3) is 0.200. The van der Waals surface area contributed by atoms with E-state index in [2.05, 4.69) is 6.92 Å². The quantitative estimate of drug-likeness (QED) is 0.787. The van der Waals surface area contributed by atoms with Crippen LogP contribution in [0.2, 0.25) is 0 Å². The number of ether oxygens (including phenoxy) is 2. The Kier molecular flexibility index (Phi) is 3.33. The normalized spacial score (nSPS) is 10.1. The molecule has 0 saturated carbocycles. The molecular weight excluding hydrogens is 212 g/mol. The summed E-state index contributed by atoms with van der Waals surface area (Å²) in [5.74, 6) is 2.47. The van der Waals surface area contributed by atoms with Crippen molar-refractivity contribution in [2.75, 3.05) is 7.11 Å². The molecule has 0 aromatic heterocycles. The highest BCUT2D eigenvalue weighted by molar-refractivity contribution is 5.42. The maximum Gasteiger partial charge on any atom is 0.131 e. The molecule has 2 rings (SSSR count). The summed E-state index contributed by atoms with van der Waals surface area (Å²) < 4.78 is 11.0. The first kappa shape index (κ1) is 11.5. The van der Waals surface area contributed by atoms with Crippen LogP contribution in [0.4, 0.5) is 0 Å². The van der Waals surface area contributed by atoms with E-state index in [1.165, 1.54) is 5.56 Å². The number of aryl methyl sites for hydroxylation is 2. The summed E-state index contributed by atoms with van der Waals surface area (Å²) in [7, 11) is 1.66. The Morgan fingerprint density at radius 1 is 0.824 bits per heavy atom. The molecule has 2 aromatic rings. The molecule has 2 heteroatoms. The second kappa shape index (κ2) is 4.91. The number of rotatable bonds is 3. The van der Waals surface area contributed by atoms with Crippen molar-refractivity contribution in [1.82, 2.24) is 0 Å². The van der Waals surface area contributed by atoms with Crippen LogP contribution < -0.4 is 9.47 Å². The molecule has 17 heavy (non-hydrogen) atoms. The molecule has 0 bridgehead atoms. The van der Waals surface area contributed by atoms with Gasteiger partial charge in [0.25, 0.3) is 0 Å². The summed E-state index contributed by atoms with van der Waals surface area (Å²) in [5, 5.41) is 0. The van der Waals surface area contributed by atoms with Gasteiger partial charge >= 0.3 is 0 Å². The van der Waals surface area contributed by atoms with Gasteiger partial charge in [0.15, 0.2) is 0 Å². The molecule has 0 fully saturated rings. The number of methoxy groups -OCH3 is 1. The zero-order chi connectivity index (χ0) is 12.3. The molecular formula is C15H16O2. The van der Waals surface area contributed by atoms with Gasteiger partial charge in [-0.15, -0.1) is 0 Å². The lowest BCUT2D eigenvalue weighted by Crippen LogP contribution is -1.89. The van der Waals surface area contributed by atoms with E-state index in [-0.39, 0.29) is 0 Å². The standard InChI is InChI=1S/C15H16O2/c1-11-4-7-13(8-5-11)17-14-9-6-12(2)15(10-14)16-3/h4-10H,1-3H3. The Labute approximate surface area is 102 Å². The number of benzene rings is 2. The van der Waals surface area contributed by atoms with Gasteiger partial charge in [-0.1, -0.05) is 23.8 Å². The first-order chi connectivity index (χ1) is 8.19. The summed E-state index contributed by atoms with van der Waals surface area (Å²) in [6, 6.07) is 13.8. The molecule has 0 saturated heterocycles. The summed E-state index contributed by atoms with van der Waals surface area (Å²) in [6.07, 6.45) is 0. The van der Waals surface area contributed by atoms with Gasteiger partial charge in [-0.3, -0.25) is 0 Å². The van der Waals surface area contributed by atoms with E-state index < -0.39 is 0 Å². The van der Waals surface area contributed by atoms with Gasteiger partial charge < -0.3 is 9.47 Å². The fourth-order valence-electron chi connectivity index (χ4n) is 1.61. The molecule has 0 aliphatic rings. The summed E-state index contributed by atoms with van der Waals surface area (Å²) >= 11 is 0. The van der Waals surface area contributed by atoms with E-state index in [0.29, 0.717) is 0 Å². The van der Waals surface area contributed by atoms with Crippen molar-refractivity contribution >= 4 is 0 Å². The first-order valence-corrected chi connectivity index (χ1v) is 5.58. The van der Waals surface area contributed by atoms with Crippen LogP contribution in [0.1, 0.15) is 11.1 Å². The topological polar surface area (TPSA) is 18.5 Å². The van der Waals surface area contributed by atoms with Crippen molar-refractivity contribution in [2.45, 2.75) is 13.8 Å². The predicted octanol–water partition coefficient (Wildman–Crippen LogP) is 4.10. The van der Waals surface area contributed by atoms with Gasteiger partial charge in [0.1, 0.15) is 17.2 Å². The molecule has 0 spiro atoms. The molecule has 0 atom stereocenters. The van der Waals surface area contributed by atoms with E-state index in [9.17, 15) is 0 Å². The van der Waals surface area contributed by atoms with Crippen molar-refractivity contribution in [3.63, 3.8) is 0 Å². The highest BCUT2D eigenvalue weighted by atomic mass is 16.5. The van der Waals surface area contributed by atoms with Gasteiger partial charge in [0.2, 0.25) is 0 Å². The van der Waals surface area contributed by atoms with Crippen LogP contribution in [0.25, 0.3) is 0 Å². The molecule has 0 aliphatic heterocycles. The molecule has 0 unspecified atom stereocenters. The molecule has 0 heterocycles. The maximum absolute atomic E-state index is 5.75. The Balaban J connectivity index is 2.21. The molecule has 0 aliphatic carbocycles. The monoisotopic (exact) mass is 228 g/mol. The largest absolute Gasteiger partial charge is 0.496 e. The lowest BCUT2D eigenvalue weighted by molar-refractivity contribution is 0.406. The summed E-state index contributed by atoms with van der Waals surface area (Å²) in [4.78, 5) is 0. The lowest BCUT2D eigenvalue weighted by atomic mass is 10.2. The van der Waals surface area contributed by atoms with Gasteiger partial charge in [-0.2, -0.15) is 0 Å². The minimum Gasteiger partial charge on any atom is -0.496 e. The third-order valence-electron chi connectivity index (χ3n) is 2.64. The molecule has 0 N–H and O–H groups in total. The molecule has 0 radical (unpaired) electrons. The van der Waals surface area contributed by atoms with Crippen molar-refractivity contribution in [1.29, 1.82) is 0 Å². The first-order valence-electron chi connectivity index (χ1n) is 5.58. The zero-order valence-corrected chi connectivity index (χ0v) is 10.4. The van der Waals surface area contributed by atoms with Gasteiger partial charge in [0.05, 0.1) is 7.11 Å². The Hall–Kier alpha value is -1.96. The third-order valence-corrected chi connectivity index (χ3v) is 2.64. The predicted molar refractivity (Wildman–Crippen MR) is 69.0 cm³/mol. The fourth-order valence-corrected chi connectivity index (χ4v) is 1.61. The SMILES string of the molecule is COc1cc(Oc2ccc(C)cc2)ccc1C. The Bertz CT molecular complexity index is 501. The molecule has 2 aromatic carbocycles. The van der Waals surface area contributed by atoms with E-state index in [0.717, 1.165) is 22.8 Å². The van der Waals surface area contributed by atoms with Crippen LogP contribution in [0.5, 0.6) is 17.2 Å². The van der Waals surface area contributed by atoms with E-state index in [4.69, 9.17) is 9.47 Å². The van der Waals surface area contributed by atoms with Crippen LogP contribution in [0.3, 0.4) is 0 Å². The highest BCUT2D eigenvalue weighted by Crippen LogP contribution is 2.27. The number of hydrogen-bond acceptors (Lipinski definition) is 2. The lowest BCUT2D eigenvalue weighted by Gasteiger charge is -2.09.